The van der Waals surface area contributed by atoms with Crippen LogP contribution in [0.3, 0.4) is 0 Å². The molecule has 2 aromatic carbocycles. The van der Waals surface area contributed by atoms with Gasteiger partial charge in [0, 0.05) is 11.8 Å². The van der Waals surface area contributed by atoms with Gasteiger partial charge in [-0.2, -0.15) is 10.2 Å². The van der Waals surface area contributed by atoms with Gasteiger partial charge in [0.1, 0.15) is 0 Å². The summed E-state index contributed by atoms with van der Waals surface area (Å²) in [6, 6.07) is 16.5. The van der Waals surface area contributed by atoms with E-state index in [1.807, 2.05) is 22.9 Å². The minimum atomic E-state index is 0.821. The van der Waals surface area contributed by atoms with Gasteiger partial charge in [0.15, 0.2) is 0 Å². The first-order chi connectivity index (χ1) is 13.3. The Bertz CT molecular complexity index is 1120. The molecule has 0 atom stereocenters. The fourth-order valence-corrected chi connectivity index (χ4v) is 4.26. The molecule has 134 valence electrons. The summed E-state index contributed by atoms with van der Waals surface area (Å²) in [5.74, 6) is 0. The van der Waals surface area contributed by atoms with Crippen LogP contribution in [0.1, 0.15) is 29.7 Å². The number of rotatable bonds is 3. The number of fused-ring (bicyclic) bond motifs is 2. The zero-order valence-electron chi connectivity index (χ0n) is 15.0. The first-order valence-corrected chi connectivity index (χ1v) is 9.92. The second-order valence-corrected chi connectivity index (χ2v) is 7.81. The lowest BCUT2D eigenvalue weighted by Crippen LogP contribution is -2.12. The zero-order chi connectivity index (χ0) is 18.2. The minimum Gasteiger partial charge on any atom is -0.252 e. The number of hydrazone groups is 1. The second-order valence-electron chi connectivity index (χ2n) is 6.78. The summed E-state index contributed by atoms with van der Waals surface area (Å²) in [7, 11) is 0. The van der Waals surface area contributed by atoms with Gasteiger partial charge in [-0.25, -0.2) is 9.67 Å². The molecule has 0 fully saturated rings. The number of para-hydroxylation sites is 1. The van der Waals surface area contributed by atoms with E-state index >= 15 is 0 Å². The first kappa shape index (κ1) is 16.2. The van der Waals surface area contributed by atoms with Crippen LogP contribution in [-0.2, 0) is 6.42 Å². The summed E-state index contributed by atoms with van der Waals surface area (Å²) in [5, 5.41) is 10.3. The van der Waals surface area contributed by atoms with Crippen molar-refractivity contribution in [2.75, 3.05) is 5.43 Å². The molecule has 0 amide bonds. The monoisotopic (exact) mass is 373 g/mol. The van der Waals surface area contributed by atoms with Crippen molar-refractivity contribution in [3.63, 3.8) is 0 Å². The average molecular weight is 373 g/mol. The van der Waals surface area contributed by atoms with Crippen molar-refractivity contribution in [2.45, 2.75) is 26.2 Å². The van der Waals surface area contributed by atoms with E-state index in [1.165, 1.54) is 5.56 Å². The number of anilines is 1. The quantitative estimate of drug-likeness (QED) is 0.517. The largest absolute Gasteiger partial charge is 0.252 e. The minimum absolute atomic E-state index is 0.821. The normalized spacial score (nSPS) is 15.2. The number of thiazole rings is 1. The molecule has 2 heterocycles. The molecule has 0 bridgehead atoms. The van der Waals surface area contributed by atoms with Crippen molar-refractivity contribution in [3.05, 3.63) is 71.5 Å². The van der Waals surface area contributed by atoms with Gasteiger partial charge in [-0.05, 0) is 56.0 Å². The Labute approximate surface area is 161 Å². The first-order valence-electron chi connectivity index (χ1n) is 9.10. The van der Waals surface area contributed by atoms with Crippen LogP contribution < -0.4 is 5.43 Å². The predicted molar refractivity (Wildman–Crippen MR) is 111 cm³/mol. The maximum atomic E-state index is 4.80. The fraction of sp³-hybridized carbons (Fsp3) is 0.190. The van der Waals surface area contributed by atoms with E-state index in [2.05, 4.69) is 59.0 Å². The Kier molecular flexibility index (Phi) is 3.98. The van der Waals surface area contributed by atoms with Crippen LogP contribution in [0, 0.1) is 6.92 Å². The maximum Gasteiger partial charge on any atom is 0.204 e. The van der Waals surface area contributed by atoms with Gasteiger partial charge in [-0.3, -0.25) is 5.43 Å². The maximum absolute atomic E-state index is 4.80. The molecule has 5 nitrogen and oxygen atoms in total. The third-order valence-corrected chi connectivity index (χ3v) is 5.72. The molecule has 1 aliphatic rings. The van der Waals surface area contributed by atoms with Gasteiger partial charge in [0.2, 0.25) is 5.13 Å². The highest BCUT2D eigenvalue weighted by molar-refractivity contribution is 7.22. The van der Waals surface area contributed by atoms with Crippen LogP contribution in [0.2, 0.25) is 0 Å². The number of aryl methyl sites for hydroxylation is 2. The van der Waals surface area contributed by atoms with Crippen molar-refractivity contribution in [1.29, 1.82) is 0 Å². The van der Waals surface area contributed by atoms with Crippen molar-refractivity contribution < 1.29 is 0 Å². The molecular weight excluding hydrogens is 354 g/mol. The van der Waals surface area contributed by atoms with E-state index in [1.54, 1.807) is 11.3 Å². The Morgan fingerprint density at radius 3 is 2.93 bits per heavy atom. The molecule has 4 aromatic rings. The second kappa shape index (κ2) is 6.63. The van der Waals surface area contributed by atoms with E-state index in [4.69, 9.17) is 5.10 Å². The third-order valence-electron chi connectivity index (χ3n) is 4.78. The lowest BCUT2D eigenvalue weighted by atomic mass is 9.96. The van der Waals surface area contributed by atoms with Crippen LogP contribution in [0.25, 0.3) is 15.9 Å². The molecule has 1 aliphatic carbocycles. The molecule has 27 heavy (non-hydrogen) atoms. The van der Waals surface area contributed by atoms with Crippen molar-refractivity contribution >= 4 is 32.4 Å². The Morgan fingerprint density at radius 2 is 2.04 bits per heavy atom. The van der Waals surface area contributed by atoms with Crippen LogP contribution in [-0.4, -0.2) is 20.5 Å². The number of benzene rings is 2. The van der Waals surface area contributed by atoms with Gasteiger partial charge in [0.25, 0.3) is 0 Å². The zero-order valence-corrected chi connectivity index (χ0v) is 15.8. The molecule has 0 spiro atoms. The summed E-state index contributed by atoms with van der Waals surface area (Å²) in [5.41, 5.74) is 9.78. The number of nitrogens with zero attached hydrogens (tertiary/aromatic N) is 4. The summed E-state index contributed by atoms with van der Waals surface area (Å²) in [6.45, 7) is 2.10. The van der Waals surface area contributed by atoms with Gasteiger partial charge in [0.05, 0.1) is 27.3 Å². The molecule has 0 saturated carbocycles. The number of nitrogens with one attached hydrogen (secondary N) is 1. The molecule has 5 rings (SSSR count). The van der Waals surface area contributed by atoms with Crippen LogP contribution >= 0.6 is 11.3 Å². The van der Waals surface area contributed by atoms with Crippen molar-refractivity contribution in [1.82, 2.24) is 14.8 Å². The van der Waals surface area contributed by atoms with Gasteiger partial charge in [-0.1, -0.05) is 35.6 Å². The van der Waals surface area contributed by atoms with Gasteiger partial charge < -0.3 is 0 Å². The summed E-state index contributed by atoms with van der Waals surface area (Å²) >= 11 is 1.62. The molecule has 6 heteroatoms. The summed E-state index contributed by atoms with van der Waals surface area (Å²) in [4.78, 5) is 4.60. The van der Waals surface area contributed by atoms with Crippen molar-refractivity contribution in [2.24, 2.45) is 5.10 Å². The Hall–Kier alpha value is -2.99. The average Bonchev–Trinajstić information content (AvgIpc) is 3.30. The smallest absolute Gasteiger partial charge is 0.204 e. The molecular formula is C21H19N5S. The number of aromatic nitrogens is 3. The topological polar surface area (TPSA) is 55.1 Å². The highest BCUT2D eigenvalue weighted by Gasteiger charge is 2.20. The molecule has 0 radical (unpaired) electrons. The van der Waals surface area contributed by atoms with Crippen LogP contribution in [0.5, 0.6) is 0 Å². The molecule has 0 saturated heterocycles. The Balaban J connectivity index is 1.46. The predicted octanol–water partition coefficient (Wildman–Crippen LogP) is 4.94. The van der Waals surface area contributed by atoms with Crippen LogP contribution in [0.4, 0.5) is 5.13 Å². The molecule has 2 aromatic heterocycles. The van der Waals surface area contributed by atoms with Crippen LogP contribution in [0.15, 0.2) is 59.8 Å². The van der Waals surface area contributed by atoms with Gasteiger partial charge in [-0.15, -0.1) is 0 Å². The van der Waals surface area contributed by atoms with Gasteiger partial charge >= 0.3 is 0 Å². The molecule has 0 aliphatic heterocycles. The molecule has 0 unspecified atom stereocenters. The highest BCUT2D eigenvalue weighted by atomic mass is 32.1. The van der Waals surface area contributed by atoms with E-state index in [-0.39, 0.29) is 0 Å². The lowest BCUT2D eigenvalue weighted by Gasteiger charge is -2.11. The SMILES string of the molecule is Cc1cccc(-n2cc3c(n2)CCC/C3=N\Nc2nc3ccccc3s2)c1. The summed E-state index contributed by atoms with van der Waals surface area (Å²) < 4.78 is 3.13. The number of hydrogen-bond donors (Lipinski definition) is 1. The fourth-order valence-electron chi connectivity index (χ4n) is 3.45. The van der Waals surface area contributed by atoms with E-state index in [0.717, 1.165) is 57.3 Å². The van der Waals surface area contributed by atoms with E-state index < -0.39 is 0 Å². The molecule has 1 N–H and O–H groups in total. The number of hydrogen-bond acceptors (Lipinski definition) is 5. The third kappa shape index (κ3) is 3.13. The van der Waals surface area contributed by atoms with E-state index in [0.29, 0.717) is 0 Å². The summed E-state index contributed by atoms with van der Waals surface area (Å²) in [6.07, 6.45) is 5.11. The van der Waals surface area contributed by atoms with E-state index in [9.17, 15) is 0 Å². The Morgan fingerprint density at radius 1 is 1.11 bits per heavy atom. The lowest BCUT2D eigenvalue weighted by molar-refractivity contribution is 0.776. The highest BCUT2D eigenvalue weighted by Crippen LogP contribution is 2.27. The van der Waals surface area contributed by atoms with Crippen molar-refractivity contribution in [3.8, 4) is 5.69 Å². The standard InChI is InChI=1S/C21H19N5S/c1-14-6-4-7-15(12-14)26-13-16-17(9-5-10-18(16)25-26)23-24-21-22-19-8-2-3-11-20(19)27-21/h2-4,6-8,11-13H,5,9-10H2,1H3,(H,22,24)/b23-17+.